The smallest absolute Gasteiger partial charge is 0.347 e. The third-order valence-corrected chi connectivity index (χ3v) is 1.46. The van der Waals surface area contributed by atoms with E-state index in [-0.39, 0.29) is 12.8 Å². The van der Waals surface area contributed by atoms with Crippen molar-refractivity contribution < 1.29 is 22.8 Å². The van der Waals surface area contributed by atoms with Crippen molar-refractivity contribution >= 4 is 12.2 Å². The lowest BCUT2D eigenvalue weighted by molar-refractivity contribution is -0.137. The molecule has 0 bridgehead atoms. The van der Waals surface area contributed by atoms with Crippen molar-refractivity contribution in [2.75, 3.05) is 0 Å². The van der Waals surface area contributed by atoms with Crippen LogP contribution in [-0.2, 0) is 9.59 Å². The third-order valence-electron chi connectivity index (χ3n) is 1.46. The van der Waals surface area contributed by atoms with E-state index < -0.39 is 24.5 Å². The van der Waals surface area contributed by atoms with Gasteiger partial charge in [0.05, 0.1) is 6.04 Å². The highest BCUT2D eigenvalue weighted by atomic mass is 19.4. The summed E-state index contributed by atoms with van der Waals surface area (Å²) >= 11 is 0. The molecule has 0 saturated heterocycles. The molecule has 0 aliphatic carbocycles. The van der Waals surface area contributed by atoms with Gasteiger partial charge in [-0.3, -0.25) is 4.79 Å². The van der Waals surface area contributed by atoms with Crippen molar-refractivity contribution in [2.24, 2.45) is 0 Å². The van der Waals surface area contributed by atoms with Gasteiger partial charge in [0.15, 0.2) is 0 Å². The molecule has 6 heteroatoms. The highest BCUT2D eigenvalue weighted by molar-refractivity contribution is 5.79. The molecule has 0 saturated carbocycles. The predicted octanol–water partition coefficient (Wildman–Crippen LogP) is 1.42. The molecule has 82 valence electrons. The largest absolute Gasteiger partial charge is 0.389 e. The van der Waals surface area contributed by atoms with E-state index in [0.717, 1.165) is 0 Å². The van der Waals surface area contributed by atoms with Crippen LogP contribution in [0, 0.1) is 0 Å². The summed E-state index contributed by atoms with van der Waals surface area (Å²) in [7, 11) is 0. The Morgan fingerprint density at radius 2 is 2.07 bits per heavy atom. The third kappa shape index (κ3) is 7.57. The molecule has 0 rings (SSSR count). The van der Waals surface area contributed by atoms with E-state index in [2.05, 4.69) is 5.32 Å². The number of halogens is 3. The van der Waals surface area contributed by atoms with Crippen molar-refractivity contribution in [3.05, 3.63) is 0 Å². The van der Waals surface area contributed by atoms with Gasteiger partial charge in [-0.15, -0.1) is 0 Å². The average Bonchev–Trinajstić information content (AvgIpc) is 2.01. The molecule has 0 fully saturated rings. The zero-order chi connectivity index (χ0) is 11.2. The molecule has 1 amide bonds. The normalized spacial score (nSPS) is 13.4. The number of alkyl halides is 3. The van der Waals surface area contributed by atoms with Crippen molar-refractivity contribution in [2.45, 2.75) is 38.4 Å². The van der Waals surface area contributed by atoms with Crippen molar-refractivity contribution in [3.63, 3.8) is 0 Å². The van der Waals surface area contributed by atoms with E-state index in [4.69, 9.17) is 0 Å². The molecule has 3 nitrogen and oxygen atoms in total. The number of nitrogens with one attached hydrogen (secondary N) is 1. The van der Waals surface area contributed by atoms with Crippen molar-refractivity contribution in [1.82, 2.24) is 5.32 Å². The fraction of sp³-hybridized carbons (Fsp3) is 0.750. The molecule has 0 aliphatic rings. The molecular formula is C8H12F3NO2. The minimum Gasteiger partial charge on any atom is -0.347 e. The van der Waals surface area contributed by atoms with E-state index in [1.807, 2.05) is 0 Å². The van der Waals surface area contributed by atoms with Gasteiger partial charge in [0.25, 0.3) is 0 Å². The van der Waals surface area contributed by atoms with Gasteiger partial charge in [0.2, 0.25) is 5.91 Å². The summed E-state index contributed by atoms with van der Waals surface area (Å²) in [6, 6.07) is -0.645. The molecule has 14 heavy (non-hydrogen) atoms. The lowest BCUT2D eigenvalue weighted by Crippen LogP contribution is -2.33. The predicted molar refractivity (Wildman–Crippen MR) is 43.6 cm³/mol. The fourth-order valence-corrected chi connectivity index (χ4v) is 0.810. The molecule has 1 atom stereocenters. The monoisotopic (exact) mass is 211 g/mol. The second-order valence-corrected chi connectivity index (χ2v) is 2.96. The van der Waals surface area contributed by atoms with Gasteiger partial charge in [0, 0.05) is 12.8 Å². The maximum Gasteiger partial charge on any atom is 0.389 e. The number of aldehydes is 1. The Bertz CT molecular complexity index is 203. The second-order valence-electron chi connectivity index (χ2n) is 2.96. The summed E-state index contributed by atoms with van der Waals surface area (Å²) in [5.41, 5.74) is 0. The Morgan fingerprint density at radius 3 is 2.50 bits per heavy atom. The van der Waals surface area contributed by atoms with Gasteiger partial charge in [-0.1, -0.05) is 0 Å². The van der Waals surface area contributed by atoms with Crippen LogP contribution in [0.15, 0.2) is 0 Å². The van der Waals surface area contributed by atoms with Crippen molar-refractivity contribution in [1.29, 1.82) is 0 Å². The minimum absolute atomic E-state index is 0.211. The Kier molecular flexibility index (Phi) is 5.19. The van der Waals surface area contributed by atoms with Gasteiger partial charge in [-0.05, 0) is 13.3 Å². The van der Waals surface area contributed by atoms with Crippen LogP contribution in [0.5, 0.6) is 0 Å². The zero-order valence-electron chi connectivity index (χ0n) is 7.73. The summed E-state index contributed by atoms with van der Waals surface area (Å²) in [6.07, 6.45) is -5.15. The summed E-state index contributed by atoms with van der Waals surface area (Å²) in [4.78, 5) is 20.9. The Labute approximate surface area is 79.7 Å². The van der Waals surface area contributed by atoms with Crippen LogP contribution in [0.4, 0.5) is 13.2 Å². The standard InChI is InChI=1S/C8H12F3NO2/c1-6(5-13)12-7(14)3-2-4-8(9,10)11/h5-6H,2-4H2,1H3,(H,12,14). The molecule has 0 radical (unpaired) electrons. The molecule has 0 aromatic rings. The topological polar surface area (TPSA) is 46.2 Å². The van der Waals surface area contributed by atoms with Gasteiger partial charge in [-0.2, -0.15) is 13.2 Å². The summed E-state index contributed by atoms with van der Waals surface area (Å²) in [6.45, 7) is 1.45. The molecule has 0 aromatic carbocycles. The molecule has 0 aliphatic heterocycles. The first-order chi connectivity index (χ1) is 6.35. The van der Waals surface area contributed by atoms with Crippen LogP contribution in [0.1, 0.15) is 26.2 Å². The van der Waals surface area contributed by atoms with E-state index >= 15 is 0 Å². The lowest BCUT2D eigenvalue weighted by Gasteiger charge is -2.08. The number of amides is 1. The lowest BCUT2D eigenvalue weighted by atomic mass is 10.2. The van der Waals surface area contributed by atoms with E-state index in [9.17, 15) is 22.8 Å². The molecule has 0 heterocycles. The van der Waals surface area contributed by atoms with Crippen LogP contribution in [0.25, 0.3) is 0 Å². The van der Waals surface area contributed by atoms with Crippen molar-refractivity contribution in [3.8, 4) is 0 Å². The number of rotatable bonds is 5. The second kappa shape index (κ2) is 5.62. The van der Waals surface area contributed by atoms with Crippen LogP contribution in [-0.4, -0.2) is 24.4 Å². The quantitative estimate of drug-likeness (QED) is 0.699. The first-order valence-corrected chi connectivity index (χ1v) is 4.16. The van der Waals surface area contributed by atoms with Crippen LogP contribution < -0.4 is 5.32 Å². The number of hydrogen-bond donors (Lipinski definition) is 1. The molecule has 1 N–H and O–H groups in total. The summed E-state index contributed by atoms with van der Waals surface area (Å²) < 4.78 is 34.9. The van der Waals surface area contributed by atoms with Gasteiger partial charge >= 0.3 is 6.18 Å². The average molecular weight is 211 g/mol. The Morgan fingerprint density at radius 1 is 1.50 bits per heavy atom. The molecule has 0 aromatic heterocycles. The first kappa shape index (κ1) is 12.9. The highest BCUT2D eigenvalue weighted by Crippen LogP contribution is 2.21. The molecular weight excluding hydrogens is 199 g/mol. The Balaban J connectivity index is 3.60. The Hall–Kier alpha value is -1.07. The highest BCUT2D eigenvalue weighted by Gasteiger charge is 2.26. The van der Waals surface area contributed by atoms with Crippen LogP contribution in [0.2, 0.25) is 0 Å². The van der Waals surface area contributed by atoms with Crippen LogP contribution in [0.3, 0.4) is 0 Å². The number of carbonyl (C=O) groups excluding carboxylic acids is 2. The van der Waals surface area contributed by atoms with Gasteiger partial charge in [-0.25, -0.2) is 0 Å². The van der Waals surface area contributed by atoms with Crippen LogP contribution >= 0.6 is 0 Å². The maximum atomic E-state index is 11.6. The maximum absolute atomic E-state index is 11.6. The molecule has 1 unspecified atom stereocenters. The summed E-state index contributed by atoms with van der Waals surface area (Å²) in [5.74, 6) is -0.533. The number of carbonyl (C=O) groups is 2. The van der Waals surface area contributed by atoms with Gasteiger partial charge < -0.3 is 10.1 Å². The van der Waals surface area contributed by atoms with E-state index in [1.54, 1.807) is 0 Å². The van der Waals surface area contributed by atoms with E-state index in [0.29, 0.717) is 6.29 Å². The van der Waals surface area contributed by atoms with E-state index in [1.165, 1.54) is 6.92 Å². The first-order valence-electron chi connectivity index (χ1n) is 4.16. The summed E-state index contributed by atoms with van der Waals surface area (Å²) in [5, 5.41) is 2.24. The SMILES string of the molecule is CC(C=O)NC(=O)CCCC(F)(F)F. The fourth-order valence-electron chi connectivity index (χ4n) is 0.810. The van der Waals surface area contributed by atoms with Gasteiger partial charge in [0.1, 0.15) is 6.29 Å². The molecule has 0 spiro atoms. The zero-order valence-corrected chi connectivity index (χ0v) is 7.73. The minimum atomic E-state index is -4.23. The number of hydrogen-bond acceptors (Lipinski definition) is 2.